The molecule has 2 rings (SSSR count). The Morgan fingerprint density at radius 1 is 1.26 bits per heavy atom. The number of hydrogen-bond donors (Lipinski definition) is 1. The highest BCUT2D eigenvalue weighted by Gasteiger charge is 2.19. The van der Waals surface area contributed by atoms with Crippen LogP contribution in [0.4, 0.5) is 0 Å². The van der Waals surface area contributed by atoms with Crippen molar-refractivity contribution >= 4 is 21.8 Å². The lowest BCUT2D eigenvalue weighted by Crippen LogP contribution is -2.34. The molecule has 0 radical (unpaired) electrons. The van der Waals surface area contributed by atoms with Gasteiger partial charge in [0.2, 0.25) is 0 Å². The Balaban J connectivity index is 2.00. The van der Waals surface area contributed by atoms with Gasteiger partial charge in [-0.1, -0.05) is 25.8 Å². The average Bonchev–Trinajstić information content (AvgIpc) is 2.54. The monoisotopic (exact) mass is 323 g/mol. The molecule has 1 aromatic rings. The Hall–Kier alpha value is -0.830. The van der Waals surface area contributed by atoms with Crippen LogP contribution < -0.4 is 5.32 Å². The van der Waals surface area contributed by atoms with Crippen LogP contribution in [0, 0.1) is 12.8 Å². The van der Waals surface area contributed by atoms with Crippen LogP contribution >= 0.6 is 15.9 Å². The van der Waals surface area contributed by atoms with E-state index in [0.717, 1.165) is 34.4 Å². The average molecular weight is 324 g/mol. The summed E-state index contributed by atoms with van der Waals surface area (Å²) in [4.78, 5) is 12.3. The van der Waals surface area contributed by atoms with E-state index in [1.54, 1.807) is 0 Å². The van der Waals surface area contributed by atoms with E-state index >= 15 is 0 Å². The fourth-order valence-corrected chi connectivity index (χ4v) is 3.37. The molecule has 1 aliphatic rings. The highest BCUT2D eigenvalue weighted by Crippen LogP contribution is 2.24. The van der Waals surface area contributed by atoms with Gasteiger partial charge in [0, 0.05) is 10.5 Å². The topological polar surface area (TPSA) is 29.1 Å². The molecule has 1 N–H and O–H groups in total. The molecule has 0 aromatic heterocycles. The first-order valence-electron chi connectivity index (χ1n) is 7.13. The van der Waals surface area contributed by atoms with Gasteiger partial charge < -0.3 is 5.32 Å². The van der Waals surface area contributed by atoms with Gasteiger partial charge in [0.25, 0.3) is 5.91 Å². The lowest BCUT2D eigenvalue weighted by atomic mass is 10.0. The zero-order valence-electron chi connectivity index (χ0n) is 11.7. The van der Waals surface area contributed by atoms with Crippen LogP contribution in [0.5, 0.6) is 0 Å². The number of nitrogens with one attached hydrogen (secondary N) is 1. The fraction of sp³-hybridized carbons (Fsp3) is 0.562. The third-order valence-electron chi connectivity index (χ3n) is 3.96. The van der Waals surface area contributed by atoms with Crippen molar-refractivity contribution in [1.82, 2.24) is 5.32 Å². The van der Waals surface area contributed by atoms with Crippen LogP contribution in [-0.4, -0.2) is 11.9 Å². The van der Waals surface area contributed by atoms with Crippen molar-refractivity contribution in [2.45, 2.75) is 52.0 Å². The van der Waals surface area contributed by atoms with Crippen LogP contribution in [0.3, 0.4) is 0 Å². The van der Waals surface area contributed by atoms with Gasteiger partial charge in [0.1, 0.15) is 0 Å². The zero-order chi connectivity index (χ0) is 13.8. The second-order valence-corrected chi connectivity index (χ2v) is 6.62. The van der Waals surface area contributed by atoms with E-state index in [1.165, 1.54) is 19.3 Å². The molecular weight excluding hydrogens is 302 g/mol. The predicted octanol–water partition coefficient (Wildman–Crippen LogP) is 4.46. The van der Waals surface area contributed by atoms with Gasteiger partial charge in [-0.3, -0.25) is 4.79 Å². The summed E-state index contributed by atoms with van der Waals surface area (Å²) in [7, 11) is 0. The Bertz CT molecular complexity index is 458. The lowest BCUT2D eigenvalue weighted by Gasteiger charge is -2.17. The van der Waals surface area contributed by atoms with Crippen molar-refractivity contribution in [3.63, 3.8) is 0 Å². The number of rotatable bonds is 2. The molecule has 19 heavy (non-hydrogen) atoms. The third kappa shape index (κ3) is 4.07. The van der Waals surface area contributed by atoms with Gasteiger partial charge in [-0.05, 0) is 65.7 Å². The second kappa shape index (κ2) is 6.56. The third-order valence-corrected chi connectivity index (χ3v) is 4.62. The number of halogens is 1. The summed E-state index contributed by atoms with van der Waals surface area (Å²) in [6, 6.07) is 6.21. The number of hydrogen-bond acceptors (Lipinski definition) is 1. The molecule has 104 valence electrons. The molecule has 0 heterocycles. The van der Waals surface area contributed by atoms with Crippen LogP contribution in [0.25, 0.3) is 0 Å². The molecule has 2 unspecified atom stereocenters. The Kier molecular flexibility index (Phi) is 5.03. The summed E-state index contributed by atoms with van der Waals surface area (Å²) >= 11 is 3.48. The Morgan fingerprint density at radius 2 is 2.05 bits per heavy atom. The summed E-state index contributed by atoms with van der Waals surface area (Å²) in [6.45, 7) is 4.33. The van der Waals surface area contributed by atoms with Gasteiger partial charge in [0.05, 0.1) is 5.56 Å². The molecule has 1 fully saturated rings. The maximum Gasteiger partial charge on any atom is 0.252 e. The van der Waals surface area contributed by atoms with Gasteiger partial charge in [-0.25, -0.2) is 0 Å². The second-order valence-electron chi connectivity index (χ2n) is 5.77. The smallest absolute Gasteiger partial charge is 0.252 e. The largest absolute Gasteiger partial charge is 0.349 e. The summed E-state index contributed by atoms with van der Waals surface area (Å²) < 4.78 is 0.881. The normalized spacial score (nSPS) is 23.7. The SMILES string of the molecule is Cc1ccc(C(=O)NC2CCCC(C)CC2)c(Br)c1. The Morgan fingerprint density at radius 3 is 2.79 bits per heavy atom. The van der Waals surface area contributed by atoms with Crippen molar-refractivity contribution in [2.75, 3.05) is 0 Å². The van der Waals surface area contributed by atoms with Crippen molar-refractivity contribution < 1.29 is 4.79 Å². The van der Waals surface area contributed by atoms with Gasteiger partial charge in [0.15, 0.2) is 0 Å². The van der Waals surface area contributed by atoms with Crippen molar-refractivity contribution in [3.8, 4) is 0 Å². The summed E-state index contributed by atoms with van der Waals surface area (Å²) in [6.07, 6.45) is 5.96. The quantitative estimate of drug-likeness (QED) is 0.800. The first kappa shape index (κ1) is 14.6. The number of benzene rings is 1. The maximum atomic E-state index is 12.3. The van der Waals surface area contributed by atoms with E-state index in [2.05, 4.69) is 28.2 Å². The summed E-state index contributed by atoms with van der Waals surface area (Å²) in [5.74, 6) is 0.847. The first-order valence-corrected chi connectivity index (χ1v) is 7.92. The lowest BCUT2D eigenvalue weighted by molar-refractivity contribution is 0.0932. The molecule has 0 aliphatic heterocycles. The molecule has 0 saturated heterocycles. The van der Waals surface area contributed by atoms with E-state index < -0.39 is 0 Å². The van der Waals surface area contributed by atoms with Crippen LogP contribution in [0.2, 0.25) is 0 Å². The van der Waals surface area contributed by atoms with Gasteiger partial charge in [-0.15, -0.1) is 0 Å². The molecule has 0 bridgehead atoms. The maximum absolute atomic E-state index is 12.3. The molecule has 0 spiro atoms. The first-order chi connectivity index (χ1) is 9.06. The Labute approximate surface area is 124 Å². The molecular formula is C16H22BrNO. The van der Waals surface area contributed by atoms with E-state index in [1.807, 2.05) is 25.1 Å². The van der Waals surface area contributed by atoms with Crippen LogP contribution in [-0.2, 0) is 0 Å². The minimum absolute atomic E-state index is 0.0476. The van der Waals surface area contributed by atoms with Gasteiger partial charge in [-0.2, -0.15) is 0 Å². The number of aryl methyl sites for hydroxylation is 1. The zero-order valence-corrected chi connectivity index (χ0v) is 13.3. The summed E-state index contributed by atoms with van der Waals surface area (Å²) in [5.41, 5.74) is 1.90. The minimum Gasteiger partial charge on any atom is -0.349 e. The number of amides is 1. The van der Waals surface area contributed by atoms with Crippen LogP contribution in [0.15, 0.2) is 22.7 Å². The summed E-state index contributed by atoms with van der Waals surface area (Å²) in [5, 5.41) is 3.19. The number of carbonyl (C=O) groups is 1. The molecule has 1 amide bonds. The molecule has 1 aromatic carbocycles. The van der Waals surface area contributed by atoms with E-state index in [4.69, 9.17) is 0 Å². The minimum atomic E-state index is 0.0476. The number of carbonyl (C=O) groups excluding carboxylic acids is 1. The van der Waals surface area contributed by atoms with E-state index in [-0.39, 0.29) is 5.91 Å². The molecule has 1 aliphatic carbocycles. The molecule has 1 saturated carbocycles. The van der Waals surface area contributed by atoms with Crippen molar-refractivity contribution in [3.05, 3.63) is 33.8 Å². The molecule has 2 nitrogen and oxygen atoms in total. The van der Waals surface area contributed by atoms with Crippen molar-refractivity contribution in [2.24, 2.45) is 5.92 Å². The highest BCUT2D eigenvalue weighted by atomic mass is 79.9. The van der Waals surface area contributed by atoms with Crippen LogP contribution in [0.1, 0.15) is 54.9 Å². The fourth-order valence-electron chi connectivity index (χ4n) is 2.70. The van der Waals surface area contributed by atoms with Crippen molar-refractivity contribution in [1.29, 1.82) is 0 Å². The predicted molar refractivity (Wildman–Crippen MR) is 82.4 cm³/mol. The van der Waals surface area contributed by atoms with E-state index in [9.17, 15) is 4.79 Å². The highest BCUT2D eigenvalue weighted by molar-refractivity contribution is 9.10. The molecule has 3 heteroatoms. The van der Waals surface area contributed by atoms with E-state index in [0.29, 0.717) is 6.04 Å². The van der Waals surface area contributed by atoms with Gasteiger partial charge >= 0.3 is 0 Å². The molecule has 2 atom stereocenters. The standard InChI is InChI=1S/C16H22BrNO/c1-11-4-3-5-13(8-6-11)18-16(19)14-9-7-12(2)10-15(14)17/h7,9-11,13H,3-6,8H2,1-2H3,(H,18,19).